The monoisotopic (exact) mass is 227 g/mol. The van der Waals surface area contributed by atoms with Crippen LogP contribution in [0.25, 0.3) is 0 Å². The number of carbonyl (C=O) groups is 1. The lowest BCUT2D eigenvalue weighted by atomic mass is 10.3. The van der Waals surface area contributed by atoms with Crippen LogP contribution in [0.2, 0.25) is 0 Å². The molecule has 0 aliphatic carbocycles. The molecule has 82 valence electrons. The second-order valence-electron chi connectivity index (χ2n) is 3.27. The average molecular weight is 227 g/mol. The highest BCUT2D eigenvalue weighted by molar-refractivity contribution is 7.89. The Kier molecular flexibility index (Phi) is 3.60. The molecule has 1 rings (SSSR count). The Bertz CT molecular complexity index is 439. The lowest BCUT2D eigenvalue weighted by Crippen LogP contribution is -2.37. The van der Waals surface area contributed by atoms with Crippen LogP contribution in [0.4, 0.5) is 0 Å². The quantitative estimate of drug-likeness (QED) is 0.832. The number of carbonyl (C=O) groups excluding carboxylic acids is 1. The van der Waals surface area contributed by atoms with E-state index in [-0.39, 0.29) is 10.7 Å². The predicted molar refractivity (Wildman–Crippen MR) is 56.9 cm³/mol. The molecular formula is C10H13NO3S. The molecule has 0 fully saturated rings. The highest BCUT2D eigenvalue weighted by atomic mass is 32.2. The maximum atomic E-state index is 11.7. The van der Waals surface area contributed by atoms with Crippen molar-refractivity contribution < 1.29 is 13.2 Å². The Balaban J connectivity index is 2.91. The molecule has 0 saturated carbocycles. The normalized spacial score (nSPS) is 13.5. The molecule has 1 aromatic rings. The summed E-state index contributed by atoms with van der Waals surface area (Å²) in [5.74, 6) is -0.213. The maximum Gasteiger partial charge on any atom is 0.241 e. The fourth-order valence-corrected chi connectivity index (χ4v) is 2.27. The smallest absolute Gasteiger partial charge is 0.241 e. The van der Waals surface area contributed by atoms with Crippen LogP contribution in [0.15, 0.2) is 35.2 Å². The van der Waals surface area contributed by atoms with Gasteiger partial charge in [0.15, 0.2) is 0 Å². The van der Waals surface area contributed by atoms with E-state index < -0.39 is 16.1 Å². The minimum Gasteiger partial charge on any atom is -0.298 e. The van der Waals surface area contributed by atoms with Gasteiger partial charge < -0.3 is 0 Å². The summed E-state index contributed by atoms with van der Waals surface area (Å²) < 4.78 is 25.7. The number of benzene rings is 1. The summed E-state index contributed by atoms with van der Waals surface area (Å²) >= 11 is 0. The summed E-state index contributed by atoms with van der Waals surface area (Å²) in [5.41, 5.74) is 0. The van der Waals surface area contributed by atoms with Crippen molar-refractivity contribution in [3.8, 4) is 0 Å². The van der Waals surface area contributed by atoms with Gasteiger partial charge in [0.05, 0.1) is 10.9 Å². The Labute approximate surface area is 89.4 Å². The van der Waals surface area contributed by atoms with Gasteiger partial charge in [-0.25, -0.2) is 13.1 Å². The van der Waals surface area contributed by atoms with Crippen LogP contribution in [0.3, 0.4) is 0 Å². The third kappa shape index (κ3) is 3.14. The molecule has 0 radical (unpaired) electrons. The number of rotatable bonds is 4. The van der Waals surface area contributed by atoms with Crippen LogP contribution >= 0.6 is 0 Å². The zero-order valence-electron chi connectivity index (χ0n) is 8.60. The van der Waals surface area contributed by atoms with E-state index in [9.17, 15) is 13.2 Å². The van der Waals surface area contributed by atoms with E-state index in [1.54, 1.807) is 18.2 Å². The molecule has 0 amide bonds. The third-order valence-corrected chi connectivity index (χ3v) is 3.55. The van der Waals surface area contributed by atoms with Gasteiger partial charge in [0.25, 0.3) is 0 Å². The molecule has 0 aromatic heterocycles. The van der Waals surface area contributed by atoms with Crippen molar-refractivity contribution in [2.75, 3.05) is 0 Å². The largest absolute Gasteiger partial charge is 0.298 e. The molecular weight excluding hydrogens is 214 g/mol. The van der Waals surface area contributed by atoms with E-state index in [0.717, 1.165) is 0 Å². The zero-order valence-corrected chi connectivity index (χ0v) is 9.41. The molecule has 0 spiro atoms. The van der Waals surface area contributed by atoms with Gasteiger partial charge >= 0.3 is 0 Å². The van der Waals surface area contributed by atoms with Crippen LogP contribution < -0.4 is 4.72 Å². The van der Waals surface area contributed by atoms with Gasteiger partial charge in [0.1, 0.15) is 5.78 Å². The van der Waals surface area contributed by atoms with Gasteiger partial charge in [-0.1, -0.05) is 18.2 Å². The fraction of sp³-hybridized carbons (Fsp3) is 0.300. The summed E-state index contributed by atoms with van der Waals surface area (Å²) in [5, 5.41) is 0. The van der Waals surface area contributed by atoms with Crippen LogP contribution in [-0.2, 0) is 14.8 Å². The molecule has 15 heavy (non-hydrogen) atoms. The van der Waals surface area contributed by atoms with Crippen molar-refractivity contribution in [2.45, 2.75) is 24.8 Å². The Morgan fingerprint density at radius 1 is 1.27 bits per heavy atom. The number of ketones is 1. The second kappa shape index (κ2) is 4.55. The van der Waals surface area contributed by atoms with E-state index in [1.165, 1.54) is 26.0 Å². The maximum absolute atomic E-state index is 11.7. The SMILES string of the molecule is CC(=O)C(C)NS(=O)(=O)c1ccccc1. The first-order valence-electron chi connectivity index (χ1n) is 4.51. The summed E-state index contributed by atoms with van der Waals surface area (Å²) in [6.07, 6.45) is 0. The van der Waals surface area contributed by atoms with E-state index in [4.69, 9.17) is 0 Å². The van der Waals surface area contributed by atoms with Gasteiger partial charge in [-0.3, -0.25) is 4.79 Å². The van der Waals surface area contributed by atoms with Gasteiger partial charge in [0, 0.05) is 0 Å². The van der Waals surface area contributed by atoms with Gasteiger partial charge in [-0.2, -0.15) is 0 Å². The standard InChI is InChI=1S/C10H13NO3S/c1-8(9(2)12)11-15(13,14)10-6-4-3-5-7-10/h3-8,11H,1-2H3. The molecule has 0 aliphatic rings. The number of Topliss-reactive ketones (excluding diaryl/α,β-unsaturated/α-hetero) is 1. The second-order valence-corrected chi connectivity index (χ2v) is 4.98. The Hall–Kier alpha value is -1.20. The number of hydrogen-bond acceptors (Lipinski definition) is 3. The Morgan fingerprint density at radius 2 is 1.80 bits per heavy atom. The molecule has 4 nitrogen and oxygen atoms in total. The van der Waals surface area contributed by atoms with Gasteiger partial charge in [0.2, 0.25) is 10.0 Å². The van der Waals surface area contributed by atoms with Crippen molar-refractivity contribution in [1.82, 2.24) is 4.72 Å². The van der Waals surface area contributed by atoms with Crippen molar-refractivity contribution in [3.63, 3.8) is 0 Å². The number of sulfonamides is 1. The predicted octanol–water partition coefficient (Wildman–Crippen LogP) is 0.942. The summed E-state index contributed by atoms with van der Waals surface area (Å²) in [7, 11) is -3.58. The van der Waals surface area contributed by atoms with Gasteiger partial charge in [-0.05, 0) is 26.0 Å². The molecule has 5 heteroatoms. The minimum atomic E-state index is -3.58. The van der Waals surface area contributed by atoms with Crippen molar-refractivity contribution in [3.05, 3.63) is 30.3 Å². The first kappa shape index (κ1) is 11.9. The number of hydrogen-bond donors (Lipinski definition) is 1. The first-order valence-corrected chi connectivity index (χ1v) is 5.99. The van der Waals surface area contributed by atoms with Crippen molar-refractivity contribution in [1.29, 1.82) is 0 Å². The van der Waals surface area contributed by atoms with E-state index >= 15 is 0 Å². The Morgan fingerprint density at radius 3 is 2.27 bits per heavy atom. The van der Waals surface area contributed by atoms with Crippen LogP contribution in [0.1, 0.15) is 13.8 Å². The molecule has 1 N–H and O–H groups in total. The van der Waals surface area contributed by atoms with Crippen LogP contribution in [0.5, 0.6) is 0 Å². The van der Waals surface area contributed by atoms with Crippen LogP contribution in [0, 0.1) is 0 Å². The lowest BCUT2D eigenvalue weighted by molar-refractivity contribution is -0.118. The highest BCUT2D eigenvalue weighted by Crippen LogP contribution is 2.07. The fourth-order valence-electron chi connectivity index (χ4n) is 0.983. The minimum absolute atomic E-state index is 0.165. The number of nitrogens with one attached hydrogen (secondary N) is 1. The van der Waals surface area contributed by atoms with Gasteiger partial charge in [-0.15, -0.1) is 0 Å². The average Bonchev–Trinajstić information content (AvgIpc) is 2.18. The summed E-state index contributed by atoms with van der Waals surface area (Å²) in [6.45, 7) is 2.86. The first-order chi connectivity index (χ1) is 6.93. The molecule has 0 saturated heterocycles. The molecule has 1 aromatic carbocycles. The molecule has 0 bridgehead atoms. The van der Waals surface area contributed by atoms with E-state index in [1.807, 2.05) is 0 Å². The van der Waals surface area contributed by atoms with Crippen LogP contribution in [-0.4, -0.2) is 20.2 Å². The topological polar surface area (TPSA) is 63.2 Å². The summed E-state index contributed by atoms with van der Waals surface area (Å²) in [6, 6.07) is 7.26. The molecule has 1 atom stereocenters. The lowest BCUT2D eigenvalue weighted by Gasteiger charge is -2.10. The third-order valence-electron chi connectivity index (χ3n) is 2.00. The highest BCUT2D eigenvalue weighted by Gasteiger charge is 2.18. The summed E-state index contributed by atoms with van der Waals surface area (Å²) in [4.78, 5) is 11.1. The van der Waals surface area contributed by atoms with E-state index in [0.29, 0.717) is 0 Å². The van der Waals surface area contributed by atoms with Crippen molar-refractivity contribution >= 4 is 15.8 Å². The van der Waals surface area contributed by atoms with E-state index in [2.05, 4.69) is 4.72 Å². The molecule has 1 unspecified atom stereocenters. The van der Waals surface area contributed by atoms with Crippen molar-refractivity contribution in [2.24, 2.45) is 0 Å². The molecule has 0 aliphatic heterocycles. The zero-order chi connectivity index (χ0) is 11.5. The molecule has 0 heterocycles.